The van der Waals surface area contributed by atoms with Crippen molar-refractivity contribution in [1.29, 1.82) is 0 Å². The lowest BCUT2D eigenvalue weighted by atomic mass is 10.1. The molecule has 3 unspecified atom stereocenters. The van der Waals surface area contributed by atoms with Crippen LogP contribution in [-0.4, -0.2) is 49.3 Å². The van der Waals surface area contributed by atoms with Crippen molar-refractivity contribution in [2.75, 3.05) is 20.2 Å². The third kappa shape index (κ3) is 3.74. The molecule has 0 spiro atoms. The van der Waals surface area contributed by atoms with Gasteiger partial charge >= 0.3 is 0 Å². The van der Waals surface area contributed by atoms with Gasteiger partial charge in [-0.25, -0.2) is 0 Å². The van der Waals surface area contributed by atoms with Crippen LogP contribution in [0.2, 0.25) is 0 Å². The van der Waals surface area contributed by atoms with Crippen molar-refractivity contribution in [2.45, 2.75) is 58.3 Å². The van der Waals surface area contributed by atoms with Gasteiger partial charge in [0.1, 0.15) is 0 Å². The fourth-order valence-corrected chi connectivity index (χ4v) is 2.13. The minimum atomic E-state index is 0.386. The van der Waals surface area contributed by atoms with E-state index in [9.17, 15) is 0 Å². The van der Waals surface area contributed by atoms with E-state index in [4.69, 9.17) is 4.74 Å². The van der Waals surface area contributed by atoms with Crippen molar-refractivity contribution in [3.8, 4) is 0 Å². The average Bonchev–Trinajstić information content (AvgIpc) is 2.59. The van der Waals surface area contributed by atoms with E-state index in [-0.39, 0.29) is 0 Å². The summed E-state index contributed by atoms with van der Waals surface area (Å²) in [6.07, 6.45) is 1.56. The van der Waals surface area contributed by atoms with Gasteiger partial charge in [0.05, 0.1) is 6.10 Å². The molecule has 1 saturated heterocycles. The lowest BCUT2D eigenvalue weighted by molar-refractivity contribution is 0.0701. The molecule has 1 fully saturated rings. The van der Waals surface area contributed by atoms with Crippen LogP contribution in [0.4, 0.5) is 0 Å². The molecule has 0 aromatic rings. The van der Waals surface area contributed by atoms with Crippen molar-refractivity contribution < 1.29 is 4.74 Å². The molecule has 0 aliphatic carbocycles. The van der Waals surface area contributed by atoms with Gasteiger partial charge in [0.25, 0.3) is 0 Å². The minimum absolute atomic E-state index is 0.386. The highest BCUT2D eigenvalue weighted by molar-refractivity contribution is 4.83. The summed E-state index contributed by atoms with van der Waals surface area (Å²) in [5, 5.41) is 3.48. The quantitative estimate of drug-likeness (QED) is 0.750. The number of nitrogens with one attached hydrogen (secondary N) is 1. The predicted octanol–water partition coefficient (Wildman–Crippen LogP) is 1.48. The third-order valence-corrected chi connectivity index (χ3v) is 3.38. The number of ether oxygens (including phenoxy) is 1. The van der Waals surface area contributed by atoms with Gasteiger partial charge in [0.2, 0.25) is 0 Å². The van der Waals surface area contributed by atoms with Crippen LogP contribution in [0, 0.1) is 0 Å². The van der Waals surface area contributed by atoms with Gasteiger partial charge in [-0.05, 0) is 27.3 Å². The van der Waals surface area contributed by atoms with E-state index >= 15 is 0 Å². The largest absolute Gasteiger partial charge is 0.377 e. The summed E-state index contributed by atoms with van der Waals surface area (Å²) in [6.45, 7) is 10.8. The highest BCUT2D eigenvalue weighted by atomic mass is 16.5. The van der Waals surface area contributed by atoms with Gasteiger partial charge in [0, 0.05) is 31.3 Å². The second-order valence-corrected chi connectivity index (χ2v) is 5.01. The zero-order valence-electron chi connectivity index (χ0n) is 10.8. The van der Waals surface area contributed by atoms with Crippen molar-refractivity contribution in [3.63, 3.8) is 0 Å². The van der Waals surface area contributed by atoms with Crippen LogP contribution in [-0.2, 0) is 4.74 Å². The van der Waals surface area contributed by atoms with Crippen LogP contribution in [0.3, 0.4) is 0 Å². The molecule has 90 valence electrons. The Balaban J connectivity index is 2.34. The number of hydrogen-bond donors (Lipinski definition) is 1. The van der Waals surface area contributed by atoms with E-state index in [1.807, 2.05) is 0 Å². The number of hydrogen-bond acceptors (Lipinski definition) is 3. The summed E-state index contributed by atoms with van der Waals surface area (Å²) >= 11 is 0. The summed E-state index contributed by atoms with van der Waals surface area (Å²) < 4.78 is 5.60. The van der Waals surface area contributed by atoms with Gasteiger partial charge in [-0.2, -0.15) is 0 Å². The SMILES string of the molecule is CC(C)NCC(C)N(C)C1CCOC1C. The van der Waals surface area contributed by atoms with Crippen LogP contribution in [0.1, 0.15) is 34.1 Å². The second kappa shape index (κ2) is 5.83. The van der Waals surface area contributed by atoms with Gasteiger partial charge < -0.3 is 10.1 Å². The first-order valence-electron chi connectivity index (χ1n) is 6.09. The third-order valence-electron chi connectivity index (χ3n) is 3.38. The smallest absolute Gasteiger partial charge is 0.0703 e. The summed E-state index contributed by atoms with van der Waals surface area (Å²) in [4.78, 5) is 2.45. The van der Waals surface area contributed by atoms with Crippen LogP contribution in [0.5, 0.6) is 0 Å². The van der Waals surface area contributed by atoms with Crippen LogP contribution in [0.25, 0.3) is 0 Å². The molecular formula is C12H26N2O. The minimum Gasteiger partial charge on any atom is -0.377 e. The number of likely N-dealkylation sites (N-methyl/N-ethyl adjacent to an activating group) is 1. The molecule has 15 heavy (non-hydrogen) atoms. The first-order chi connectivity index (χ1) is 7.02. The highest BCUT2D eigenvalue weighted by Gasteiger charge is 2.29. The Labute approximate surface area is 94.2 Å². The van der Waals surface area contributed by atoms with E-state index in [0.717, 1.165) is 13.2 Å². The molecule has 0 amide bonds. The topological polar surface area (TPSA) is 24.5 Å². The molecule has 0 bridgehead atoms. The first-order valence-corrected chi connectivity index (χ1v) is 6.09. The Morgan fingerprint density at radius 1 is 1.40 bits per heavy atom. The van der Waals surface area contributed by atoms with Crippen molar-refractivity contribution in [3.05, 3.63) is 0 Å². The van der Waals surface area contributed by atoms with Crippen molar-refractivity contribution in [2.24, 2.45) is 0 Å². The Hall–Kier alpha value is -0.120. The summed E-state index contributed by atoms with van der Waals surface area (Å²) in [7, 11) is 2.21. The molecule has 3 atom stereocenters. The second-order valence-electron chi connectivity index (χ2n) is 5.01. The van der Waals surface area contributed by atoms with E-state index in [2.05, 4.69) is 45.0 Å². The molecule has 1 aliphatic heterocycles. The number of rotatable bonds is 5. The van der Waals surface area contributed by atoms with E-state index in [0.29, 0.717) is 24.2 Å². The highest BCUT2D eigenvalue weighted by Crippen LogP contribution is 2.19. The normalized spacial score (nSPS) is 29.0. The molecule has 0 aromatic carbocycles. The monoisotopic (exact) mass is 214 g/mol. The van der Waals surface area contributed by atoms with Gasteiger partial charge in [0.15, 0.2) is 0 Å². The first kappa shape index (κ1) is 12.9. The molecular weight excluding hydrogens is 188 g/mol. The molecule has 1 rings (SSSR count). The van der Waals surface area contributed by atoms with Gasteiger partial charge in [-0.1, -0.05) is 13.8 Å². The van der Waals surface area contributed by atoms with E-state index in [1.165, 1.54) is 6.42 Å². The molecule has 1 heterocycles. The molecule has 0 radical (unpaired) electrons. The van der Waals surface area contributed by atoms with Gasteiger partial charge in [-0.3, -0.25) is 4.90 Å². The van der Waals surface area contributed by atoms with Crippen LogP contribution >= 0.6 is 0 Å². The van der Waals surface area contributed by atoms with Gasteiger partial charge in [-0.15, -0.1) is 0 Å². The van der Waals surface area contributed by atoms with Crippen molar-refractivity contribution >= 4 is 0 Å². The Bertz CT molecular complexity index is 184. The fourth-order valence-electron chi connectivity index (χ4n) is 2.13. The zero-order valence-corrected chi connectivity index (χ0v) is 10.8. The Morgan fingerprint density at radius 2 is 2.07 bits per heavy atom. The molecule has 3 nitrogen and oxygen atoms in total. The lowest BCUT2D eigenvalue weighted by Crippen LogP contribution is -2.47. The fraction of sp³-hybridized carbons (Fsp3) is 1.00. The summed E-state index contributed by atoms with van der Waals surface area (Å²) in [5.74, 6) is 0. The molecule has 3 heteroatoms. The molecule has 1 aliphatic rings. The van der Waals surface area contributed by atoms with Crippen LogP contribution < -0.4 is 5.32 Å². The molecule has 0 saturated carbocycles. The molecule has 1 N–H and O–H groups in total. The summed E-state index contributed by atoms with van der Waals surface area (Å²) in [5.41, 5.74) is 0. The maximum absolute atomic E-state index is 5.60. The Morgan fingerprint density at radius 3 is 2.53 bits per heavy atom. The standard InChI is InChI=1S/C12H26N2O/c1-9(2)13-8-10(3)14(5)12-6-7-15-11(12)4/h9-13H,6-8H2,1-5H3. The average molecular weight is 214 g/mol. The number of nitrogens with zero attached hydrogens (tertiary/aromatic N) is 1. The van der Waals surface area contributed by atoms with E-state index < -0.39 is 0 Å². The van der Waals surface area contributed by atoms with E-state index in [1.54, 1.807) is 0 Å². The Kier molecular flexibility index (Phi) is 5.03. The predicted molar refractivity (Wildman–Crippen MR) is 64.2 cm³/mol. The maximum Gasteiger partial charge on any atom is 0.0703 e. The van der Waals surface area contributed by atoms with Crippen LogP contribution in [0.15, 0.2) is 0 Å². The maximum atomic E-state index is 5.60. The zero-order chi connectivity index (χ0) is 11.4. The van der Waals surface area contributed by atoms with Crippen molar-refractivity contribution in [1.82, 2.24) is 10.2 Å². The molecule has 0 aromatic heterocycles. The summed E-state index contributed by atoms with van der Waals surface area (Å²) in [6, 6.07) is 1.73. The lowest BCUT2D eigenvalue weighted by Gasteiger charge is -2.32.